The zero-order valence-electron chi connectivity index (χ0n) is 9.72. The van der Waals surface area contributed by atoms with E-state index >= 15 is 0 Å². The first-order valence-corrected chi connectivity index (χ1v) is 6.23. The number of fused-ring (bicyclic) bond motifs is 2. The summed E-state index contributed by atoms with van der Waals surface area (Å²) in [4.78, 5) is 12.2. The molecule has 0 aliphatic heterocycles. The lowest BCUT2D eigenvalue weighted by atomic mass is 9.84. The molecule has 1 heterocycles. The van der Waals surface area contributed by atoms with Crippen LogP contribution in [0.3, 0.4) is 0 Å². The van der Waals surface area contributed by atoms with E-state index in [1.807, 2.05) is 19.3 Å². The van der Waals surface area contributed by atoms with Crippen LogP contribution in [0.5, 0.6) is 0 Å². The number of carbonyl (C=O) groups is 1. The van der Waals surface area contributed by atoms with Crippen LogP contribution in [-0.2, 0) is 18.3 Å². The Kier molecular flexibility index (Phi) is 2.34. The summed E-state index contributed by atoms with van der Waals surface area (Å²) in [5.41, 5.74) is 0.926. The first-order valence-electron chi connectivity index (χ1n) is 6.23. The first kappa shape index (κ1) is 10.1. The van der Waals surface area contributed by atoms with Crippen molar-refractivity contribution in [2.75, 3.05) is 0 Å². The van der Waals surface area contributed by atoms with Crippen molar-refractivity contribution in [1.29, 1.82) is 0 Å². The van der Waals surface area contributed by atoms with Crippen LogP contribution in [0.2, 0.25) is 0 Å². The van der Waals surface area contributed by atoms with Crippen LogP contribution < -0.4 is 0 Å². The second-order valence-electron chi connectivity index (χ2n) is 5.41. The van der Waals surface area contributed by atoms with Gasteiger partial charge in [0.15, 0.2) is 0 Å². The van der Waals surface area contributed by atoms with Gasteiger partial charge in [-0.1, -0.05) is 6.42 Å². The van der Waals surface area contributed by atoms with Gasteiger partial charge in [0.05, 0.1) is 12.1 Å². The van der Waals surface area contributed by atoms with Gasteiger partial charge in [0, 0.05) is 19.2 Å². The number of hydrogen-bond donors (Lipinski definition) is 0. The summed E-state index contributed by atoms with van der Waals surface area (Å²) < 4.78 is 1.77. The highest BCUT2D eigenvalue weighted by Crippen LogP contribution is 2.48. The second-order valence-corrected chi connectivity index (χ2v) is 5.41. The van der Waals surface area contributed by atoms with Gasteiger partial charge in [0.1, 0.15) is 5.78 Å². The molecule has 3 atom stereocenters. The topological polar surface area (TPSA) is 34.9 Å². The standard InChI is InChI=1S/C13H18N2O/c1-15-5-4-11(14-15)8-13(16)12-7-9-2-3-10(12)6-9/h4-5,9-10,12H,2-3,6-8H2,1H3. The molecule has 86 valence electrons. The van der Waals surface area contributed by atoms with Crippen molar-refractivity contribution in [3.8, 4) is 0 Å². The lowest BCUT2D eigenvalue weighted by Crippen LogP contribution is -2.22. The number of carbonyl (C=O) groups excluding carboxylic acids is 1. The van der Waals surface area contributed by atoms with E-state index in [2.05, 4.69) is 5.10 Å². The van der Waals surface area contributed by atoms with Crippen molar-refractivity contribution < 1.29 is 4.79 Å². The smallest absolute Gasteiger partial charge is 0.142 e. The van der Waals surface area contributed by atoms with Crippen molar-refractivity contribution >= 4 is 5.78 Å². The predicted molar refractivity (Wildman–Crippen MR) is 60.9 cm³/mol. The van der Waals surface area contributed by atoms with E-state index < -0.39 is 0 Å². The number of aromatic nitrogens is 2. The van der Waals surface area contributed by atoms with Crippen molar-refractivity contribution in [2.24, 2.45) is 24.8 Å². The Morgan fingerprint density at radius 2 is 2.38 bits per heavy atom. The van der Waals surface area contributed by atoms with Crippen molar-refractivity contribution in [2.45, 2.75) is 32.1 Å². The zero-order valence-corrected chi connectivity index (χ0v) is 9.72. The largest absolute Gasteiger partial charge is 0.299 e. The molecule has 0 amide bonds. The Bertz CT molecular complexity index is 410. The summed E-state index contributed by atoms with van der Waals surface area (Å²) in [5, 5.41) is 4.28. The average molecular weight is 218 g/mol. The van der Waals surface area contributed by atoms with Crippen LogP contribution in [0.1, 0.15) is 31.4 Å². The van der Waals surface area contributed by atoms with Crippen molar-refractivity contribution in [3.05, 3.63) is 18.0 Å². The Morgan fingerprint density at radius 3 is 2.94 bits per heavy atom. The van der Waals surface area contributed by atoms with Crippen LogP contribution in [0.25, 0.3) is 0 Å². The molecule has 0 spiro atoms. The summed E-state index contributed by atoms with van der Waals surface area (Å²) >= 11 is 0. The molecule has 16 heavy (non-hydrogen) atoms. The number of hydrogen-bond acceptors (Lipinski definition) is 2. The van der Waals surface area contributed by atoms with Crippen molar-refractivity contribution in [3.63, 3.8) is 0 Å². The summed E-state index contributed by atoms with van der Waals surface area (Å²) in [6.45, 7) is 0. The summed E-state index contributed by atoms with van der Waals surface area (Å²) in [6, 6.07) is 1.95. The van der Waals surface area contributed by atoms with Gasteiger partial charge in [-0.05, 0) is 37.2 Å². The molecule has 2 bridgehead atoms. The molecule has 3 rings (SSSR count). The molecule has 2 saturated carbocycles. The fourth-order valence-corrected chi connectivity index (χ4v) is 3.51. The summed E-state index contributed by atoms with van der Waals surface area (Å²) in [6.07, 6.45) is 7.54. The van der Waals surface area contributed by atoms with Crippen LogP contribution in [0, 0.1) is 17.8 Å². The fraction of sp³-hybridized carbons (Fsp3) is 0.692. The highest BCUT2D eigenvalue weighted by molar-refractivity contribution is 5.83. The molecule has 0 aromatic carbocycles. The van der Waals surface area contributed by atoms with Crippen LogP contribution in [-0.4, -0.2) is 15.6 Å². The number of nitrogens with zero attached hydrogens (tertiary/aromatic N) is 2. The van der Waals surface area contributed by atoms with E-state index in [-0.39, 0.29) is 0 Å². The molecule has 3 heteroatoms. The molecule has 3 unspecified atom stereocenters. The third-order valence-corrected chi connectivity index (χ3v) is 4.28. The maximum absolute atomic E-state index is 12.2. The third-order valence-electron chi connectivity index (χ3n) is 4.28. The van der Waals surface area contributed by atoms with Crippen molar-refractivity contribution in [1.82, 2.24) is 9.78 Å². The van der Waals surface area contributed by atoms with Gasteiger partial charge in [0.25, 0.3) is 0 Å². The quantitative estimate of drug-likeness (QED) is 0.777. The van der Waals surface area contributed by atoms with Crippen LogP contribution in [0.15, 0.2) is 12.3 Å². The van der Waals surface area contributed by atoms with E-state index in [0.717, 1.165) is 18.0 Å². The Hall–Kier alpha value is -1.12. The van der Waals surface area contributed by atoms with Gasteiger partial charge in [-0.25, -0.2) is 0 Å². The highest BCUT2D eigenvalue weighted by Gasteiger charge is 2.42. The second kappa shape index (κ2) is 3.72. The average Bonchev–Trinajstić information content (AvgIpc) is 2.93. The zero-order chi connectivity index (χ0) is 11.1. The monoisotopic (exact) mass is 218 g/mol. The number of aryl methyl sites for hydroxylation is 1. The minimum atomic E-state index is 0.348. The summed E-state index contributed by atoms with van der Waals surface area (Å²) in [5.74, 6) is 2.32. The maximum atomic E-state index is 12.2. The lowest BCUT2D eigenvalue weighted by Gasteiger charge is -2.19. The van der Waals surface area contributed by atoms with Gasteiger partial charge in [-0.2, -0.15) is 5.10 Å². The van der Waals surface area contributed by atoms with E-state index in [1.165, 1.54) is 19.3 Å². The van der Waals surface area contributed by atoms with E-state index in [0.29, 0.717) is 24.0 Å². The van der Waals surface area contributed by atoms with Gasteiger partial charge >= 0.3 is 0 Å². The number of Topliss-reactive ketones (excluding diaryl/α,β-unsaturated/α-hetero) is 1. The molecule has 1 aromatic heterocycles. The fourth-order valence-electron chi connectivity index (χ4n) is 3.51. The molecule has 3 nitrogen and oxygen atoms in total. The molecule has 2 aliphatic rings. The Morgan fingerprint density at radius 1 is 1.50 bits per heavy atom. The predicted octanol–water partition coefficient (Wildman–Crippen LogP) is 1.97. The van der Waals surface area contributed by atoms with Gasteiger partial charge in [0.2, 0.25) is 0 Å². The Balaban J connectivity index is 1.65. The molecular weight excluding hydrogens is 200 g/mol. The molecule has 0 saturated heterocycles. The molecule has 1 aromatic rings. The normalized spacial score (nSPS) is 32.2. The van der Waals surface area contributed by atoms with Crippen LogP contribution >= 0.6 is 0 Å². The van der Waals surface area contributed by atoms with Gasteiger partial charge in [-0.3, -0.25) is 9.48 Å². The van der Waals surface area contributed by atoms with Crippen LogP contribution in [0.4, 0.5) is 0 Å². The molecular formula is C13H18N2O. The highest BCUT2D eigenvalue weighted by atomic mass is 16.1. The van der Waals surface area contributed by atoms with Gasteiger partial charge in [-0.15, -0.1) is 0 Å². The number of ketones is 1. The SMILES string of the molecule is Cn1ccc(CC(=O)C2CC3CCC2C3)n1. The van der Waals surface area contributed by atoms with E-state index in [4.69, 9.17) is 0 Å². The molecule has 0 radical (unpaired) electrons. The maximum Gasteiger partial charge on any atom is 0.142 e. The van der Waals surface area contributed by atoms with E-state index in [1.54, 1.807) is 4.68 Å². The molecule has 2 fully saturated rings. The Labute approximate surface area is 95.8 Å². The third kappa shape index (κ3) is 1.68. The van der Waals surface area contributed by atoms with E-state index in [9.17, 15) is 4.79 Å². The minimum Gasteiger partial charge on any atom is -0.299 e. The molecule has 2 aliphatic carbocycles. The first-order chi connectivity index (χ1) is 7.72. The van der Waals surface area contributed by atoms with Gasteiger partial charge < -0.3 is 0 Å². The number of rotatable bonds is 3. The summed E-state index contributed by atoms with van der Waals surface area (Å²) in [7, 11) is 1.89. The molecule has 0 N–H and O–H groups in total. The lowest BCUT2D eigenvalue weighted by molar-refractivity contribution is -0.123. The minimum absolute atomic E-state index is 0.348.